The van der Waals surface area contributed by atoms with E-state index in [0.717, 1.165) is 12.8 Å². The molecule has 0 saturated heterocycles. The average Bonchev–Trinajstić information content (AvgIpc) is 3.54. The van der Waals surface area contributed by atoms with Crippen LogP contribution in [0.3, 0.4) is 0 Å². The van der Waals surface area contributed by atoms with Crippen LogP contribution in [0.15, 0.2) is 103 Å². The predicted octanol–water partition coefficient (Wildman–Crippen LogP) is 15.0. The van der Waals surface area contributed by atoms with Crippen molar-refractivity contribution in [2.45, 2.75) is 174 Å². The summed E-state index contributed by atoms with van der Waals surface area (Å²) in [6.07, 6.45) is 4.67. The van der Waals surface area contributed by atoms with E-state index in [1.54, 1.807) is 0 Å². The van der Waals surface area contributed by atoms with Gasteiger partial charge in [-0.25, -0.2) is 0 Å². The Morgan fingerprint density at radius 3 is 1.56 bits per heavy atom. The monoisotopic (exact) mass is 869 g/mol. The Morgan fingerprint density at radius 1 is 0.424 bits per heavy atom. The zero-order chi connectivity index (χ0) is 47.1. The third kappa shape index (κ3) is 6.12. The van der Waals surface area contributed by atoms with Crippen LogP contribution < -0.4 is 26.2 Å². The maximum atomic E-state index is 2.73. The molecule has 0 fully saturated rings. The zero-order valence-corrected chi connectivity index (χ0v) is 43.1. The van der Waals surface area contributed by atoms with Crippen molar-refractivity contribution in [2.24, 2.45) is 0 Å². The van der Waals surface area contributed by atoms with E-state index in [2.05, 4.69) is 224 Å². The van der Waals surface area contributed by atoms with Crippen molar-refractivity contribution in [3.63, 3.8) is 0 Å². The quantitative estimate of drug-likeness (QED) is 0.163. The molecule has 6 aromatic rings. The summed E-state index contributed by atoms with van der Waals surface area (Å²) in [6.45, 7) is 39.2. The third-order valence-corrected chi connectivity index (χ3v) is 17.9. The molecule has 66 heavy (non-hydrogen) atoms. The number of anilines is 6. The third-order valence-electron chi connectivity index (χ3n) is 17.9. The molecular weight excluding hydrogens is 796 g/mol. The molecule has 0 unspecified atom stereocenters. The number of benzene rings is 6. The Labute approximate surface area is 398 Å². The van der Waals surface area contributed by atoms with Crippen LogP contribution in [0.4, 0.5) is 34.1 Å². The smallest absolute Gasteiger partial charge is 0.252 e. The lowest BCUT2D eigenvalue weighted by molar-refractivity contribution is 0.332. The summed E-state index contributed by atoms with van der Waals surface area (Å²) in [5.74, 6) is 0. The normalized spacial score (nSPS) is 20.5. The minimum absolute atomic E-state index is 0.0601. The van der Waals surface area contributed by atoms with Crippen molar-refractivity contribution in [3.05, 3.63) is 159 Å². The molecule has 3 aliphatic carbocycles. The van der Waals surface area contributed by atoms with Gasteiger partial charge in [0, 0.05) is 39.5 Å². The van der Waals surface area contributed by atoms with E-state index in [1.807, 2.05) is 0 Å². The maximum absolute atomic E-state index is 2.73. The number of fused-ring (bicyclic) bond motifs is 7. The van der Waals surface area contributed by atoms with Crippen molar-refractivity contribution >= 4 is 57.2 Å². The lowest BCUT2D eigenvalue weighted by Crippen LogP contribution is -2.61. The Kier molecular flexibility index (Phi) is 8.96. The van der Waals surface area contributed by atoms with E-state index in [9.17, 15) is 0 Å². The first-order valence-electron chi connectivity index (χ1n) is 25.2. The lowest BCUT2D eigenvalue weighted by atomic mass is 9.33. The molecule has 2 aliphatic heterocycles. The summed E-state index contributed by atoms with van der Waals surface area (Å²) in [7, 11) is 0. The van der Waals surface area contributed by atoms with E-state index in [-0.39, 0.29) is 44.6 Å². The van der Waals surface area contributed by atoms with Gasteiger partial charge in [0.1, 0.15) is 0 Å². The van der Waals surface area contributed by atoms with Gasteiger partial charge in [-0.2, -0.15) is 0 Å². The van der Waals surface area contributed by atoms with Crippen molar-refractivity contribution in [3.8, 4) is 0 Å². The highest BCUT2D eigenvalue weighted by molar-refractivity contribution is 7.00. The summed E-state index contributed by atoms with van der Waals surface area (Å²) in [6, 6.07) is 41.8. The number of hydrogen-bond acceptors (Lipinski definition) is 2. The predicted molar refractivity (Wildman–Crippen MR) is 285 cm³/mol. The summed E-state index contributed by atoms with van der Waals surface area (Å²) >= 11 is 0. The van der Waals surface area contributed by atoms with Crippen LogP contribution in [-0.4, -0.2) is 6.71 Å². The fourth-order valence-electron chi connectivity index (χ4n) is 14.6. The molecule has 338 valence electrons. The van der Waals surface area contributed by atoms with Gasteiger partial charge in [0.15, 0.2) is 0 Å². The van der Waals surface area contributed by atoms with Crippen LogP contribution in [0.5, 0.6) is 0 Å². The minimum Gasteiger partial charge on any atom is -0.311 e. The highest BCUT2D eigenvalue weighted by atomic mass is 15.2. The highest BCUT2D eigenvalue weighted by Crippen LogP contribution is 2.56. The molecule has 0 atom stereocenters. The van der Waals surface area contributed by atoms with Crippen LogP contribution in [0.25, 0.3) is 0 Å². The van der Waals surface area contributed by atoms with Crippen LogP contribution in [0.2, 0.25) is 0 Å². The van der Waals surface area contributed by atoms with Gasteiger partial charge in [0.2, 0.25) is 0 Å². The standard InChI is InChI=1S/C63H73BN2/c1-38-28-54-56-55(29-38)66(51-34-47-44(30-39(51)2)59(7,8)36-61(47,11)12)53-35-48-46(60(9,10)37-62(48,13)14)33-50(53)64(56)49-25-22-41(63(15,16)40-20-18-17-19-21-40)31-52(49)65(54)42-23-24-43-45(32-42)58(5,6)27-26-57(43,3)4/h17-25,28-35H,26-27,36-37H2,1-16H3. The Hall–Kier alpha value is -5.02. The van der Waals surface area contributed by atoms with Gasteiger partial charge < -0.3 is 9.80 Å². The van der Waals surface area contributed by atoms with Gasteiger partial charge in [-0.05, 0) is 187 Å². The molecule has 2 nitrogen and oxygen atoms in total. The molecular formula is C63H73BN2. The van der Waals surface area contributed by atoms with Crippen LogP contribution >= 0.6 is 0 Å². The number of nitrogens with zero attached hydrogens (tertiary/aromatic N) is 2. The van der Waals surface area contributed by atoms with Crippen molar-refractivity contribution in [1.82, 2.24) is 0 Å². The molecule has 0 radical (unpaired) electrons. The van der Waals surface area contributed by atoms with Crippen molar-refractivity contribution in [1.29, 1.82) is 0 Å². The lowest BCUT2D eigenvalue weighted by Gasteiger charge is -2.46. The molecule has 0 amide bonds. The molecule has 11 rings (SSSR count). The Bertz CT molecular complexity index is 3050. The first-order chi connectivity index (χ1) is 30.7. The fourth-order valence-corrected chi connectivity index (χ4v) is 14.6. The van der Waals surface area contributed by atoms with Crippen LogP contribution in [-0.2, 0) is 37.9 Å². The van der Waals surface area contributed by atoms with Gasteiger partial charge in [0.25, 0.3) is 6.71 Å². The van der Waals surface area contributed by atoms with Gasteiger partial charge in [-0.3, -0.25) is 0 Å². The molecule has 3 heteroatoms. The molecule has 6 aromatic carbocycles. The van der Waals surface area contributed by atoms with Crippen molar-refractivity contribution in [2.75, 3.05) is 9.80 Å². The summed E-state index contributed by atoms with van der Waals surface area (Å²) in [5, 5.41) is 0. The summed E-state index contributed by atoms with van der Waals surface area (Å²) in [4.78, 5) is 5.41. The fraction of sp³-hybridized carbons (Fsp3) is 0.429. The van der Waals surface area contributed by atoms with Gasteiger partial charge >= 0.3 is 0 Å². The van der Waals surface area contributed by atoms with E-state index < -0.39 is 0 Å². The summed E-state index contributed by atoms with van der Waals surface area (Å²) in [5.41, 5.74) is 26.8. The second-order valence-electron chi connectivity index (χ2n) is 26.1. The molecule has 0 aromatic heterocycles. The summed E-state index contributed by atoms with van der Waals surface area (Å²) < 4.78 is 0. The van der Waals surface area contributed by atoms with E-state index >= 15 is 0 Å². The Morgan fingerprint density at radius 2 is 0.939 bits per heavy atom. The molecule has 2 heterocycles. The highest BCUT2D eigenvalue weighted by Gasteiger charge is 2.50. The SMILES string of the molecule is Cc1cc2c3c(c1)N(c1cc4c(cc1C)C(C)(C)CC4(C)C)c1cc4c(cc1B3c1ccc(C(C)(C)c3ccccc3)cc1N2c1ccc2c(c1)C(C)(C)CCC2(C)C)C(C)(C)CC4(C)C. The minimum atomic E-state index is -0.201. The molecule has 0 N–H and O–H groups in total. The second kappa shape index (κ2) is 13.6. The van der Waals surface area contributed by atoms with Gasteiger partial charge in [-0.1, -0.05) is 158 Å². The number of rotatable bonds is 4. The van der Waals surface area contributed by atoms with Gasteiger partial charge in [0.05, 0.1) is 0 Å². The molecule has 0 spiro atoms. The first-order valence-corrected chi connectivity index (χ1v) is 25.2. The topological polar surface area (TPSA) is 6.48 Å². The van der Waals surface area contributed by atoms with Crippen LogP contribution in [0, 0.1) is 13.8 Å². The molecule has 5 aliphatic rings. The zero-order valence-electron chi connectivity index (χ0n) is 43.1. The van der Waals surface area contributed by atoms with E-state index in [1.165, 1.54) is 119 Å². The average molecular weight is 869 g/mol. The van der Waals surface area contributed by atoms with Crippen LogP contribution in [0.1, 0.15) is 178 Å². The second-order valence-corrected chi connectivity index (χ2v) is 26.1. The molecule has 0 saturated carbocycles. The maximum Gasteiger partial charge on any atom is 0.252 e. The van der Waals surface area contributed by atoms with Crippen molar-refractivity contribution < 1.29 is 0 Å². The largest absolute Gasteiger partial charge is 0.311 e. The first kappa shape index (κ1) is 43.5. The van der Waals surface area contributed by atoms with E-state index in [0.29, 0.717) is 0 Å². The Balaban J connectivity index is 1.25. The van der Waals surface area contributed by atoms with E-state index in [4.69, 9.17) is 0 Å². The number of aryl methyl sites for hydroxylation is 2. The molecule has 0 bridgehead atoms. The number of hydrogen-bond donors (Lipinski definition) is 0. The van der Waals surface area contributed by atoms with Gasteiger partial charge in [-0.15, -0.1) is 0 Å².